The van der Waals surface area contributed by atoms with Crippen LogP contribution in [0.3, 0.4) is 0 Å². The summed E-state index contributed by atoms with van der Waals surface area (Å²) in [6.45, 7) is 6.59. The van der Waals surface area contributed by atoms with Crippen LogP contribution in [0.25, 0.3) is 65.8 Å². The second kappa shape index (κ2) is 28.7. The topological polar surface area (TPSA) is 278 Å². The summed E-state index contributed by atoms with van der Waals surface area (Å²) < 4.78 is 95.9. The molecule has 4 aliphatic rings. The number of nitrogens with two attached hydrogens (primary N) is 1. The second-order valence-corrected chi connectivity index (χ2v) is 31.8. The number of fused-ring (bicyclic) bond motifs is 6. The Hall–Kier alpha value is -9.16. The van der Waals surface area contributed by atoms with Crippen molar-refractivity contribution >= 4 is 97.5 Å². The zero-order chi connectivity index (χ0) is 70.4. The first-order valence-electron chi connectivity index (χ1n) is 35.0. The molecule has 101 heavy (non-hydrogen) atoms. The van der Waals surface area contributed by atoms with Crippen LogP contribution in [0.5, 0.6) is 0 Å². The third-order valence-electron chi connectivity index (χ3n) is 21.9. The Kier molecular flexibility index (Phi) is 19.6. The predicted octanol–water partition coefficient (Wildman–Crippen LogP) is 16.7. The fraction of sp³-hybridized carbons (Fsp3) is 0.372. The van der Waals surface area contributed by atoms with Crippen LogP contribution in [0.15, 0.2) is 151 Å². The van der Waals surface area contributed by atoms with E-state index in [0.29, 0.717) is 65.1 Å². The van der Waals surface area contributed by atoms with Gasteiger partial charge >= 0.3 is 5.97 Å². The normalized spacial score (nSPS) is 22.0. The van der Waals surface area contributed by atoms with E-state index in [1.54, 1.807) is 72.8 Å². The number of nitrogens with zero attached hydrogens (tertiary/aromatic N) is 6. The average Bonchev–Trinajstić information content (AvgIpc) is 1.79. The van der Waals surface area contributed by atoms with Crippen LogP contribution in [0, 0.1) is 35.2 Å². The predicted molar refractivity (Wildman–Crippen MR) is 387 cm³/mol. The lowest BCUT2D eigenvalue weighted by atomic mass is 9.73. The molecule has 4 aliphatic carbocycles. The number of hydrogen-bond acceptors (Lipinski definition) is 13. The summed E-state index contributed by atoms with van der Waals surface area (Å²) in [6, 6.07) is 36.0. The molecule has 3 atom stereocenters. The van der Waals surface area contributed by atoms with Crippen molar-refractivity contribution in [3.8, 4) is 0 Å². The van der Waals surface area contributed by atoms with E-state index in [-0.39, 0.29) is 58.3 Å². The summed E-state index contributed by atoms with van der Waals surface area (Å²) in [5, 5.41) is 17.4. The molecule has 0 radical (unpaired) electrons. The fourth-order valence-electron chi connectivity index (χ4n) is 16.1. The number of aliphatic hydroxyl groups excluding tert-OH is 1. The molecule has 524 valence electrons. The van der Waals surface area contributed by atoms with Gasteiger partial charge in [-0.15, -0.1) is 0 Å². The number of aromatic nitrogens is 9. The van der Waals surface area contributed by atoms with Crippen LogP contribution in [-0.2, 0) is 24.8 Å². The standard InChI is InChI=1S/C29H30FN3O3.C25H27FN4O2S.C24H25FN4O2S/c1-16(17-2-4-18(5-3-17)23-10-11-31-25-9-7-20(30)13-24(23)25)28-32-26-8-6-19(12-27(26)33-28)29(35)36-22-14-21(34)15-22;1-15(25-28-23-10-8-19(14-24(23)29-25)30-33(2,31)32)16-3-5-17(6-4-16)20-11-12-27-22-9-7-18(26)13-21(20)22;1-14(24-28-22-9-7-18(32(26,30)31)13-23(22)29-24)15-2-4-16(5-3-15)19-10-11-27-21-8-6-17(25)12-20(19)21/h6-13,16-18,21-22,34H,2-5,14-15H2,1H3,(H,32,33);7-17,30H,3-6H2,1-2H3,(H,28,29);6-16H,2-5H2,1H3,(H,28,29)(H2,26,30,31)/t16-,17?,18?,21?,22?;15-,16?,17?;14-,15?,16?/m111/s1. The summed E-state index contributed by atoms with van der Waals surface area (Å²) in [6.07, 6.45) is 19.7. The number of anilines is 1. The Morgan fingerprint density at radius 3 is 1.25 bits per heavy atom. The van der Waals surface area contributed by atoms with E-state index in [9.17, 15) is 39.9 Å². The number of nitrogens with one attached hydrogen (secondary N) is 4. The number of benzene rings is 6. The highest BCUT2D eigenvalue weighted by molar-refractivity contribution is 7.92. The Bertz CT molecular complexity index is 5290. The van der Waals surface area contributed by atoms with E-state index >= 15 is 0 Å². The molecule has 6 heterocycles. The van der Waals surface area contributed by atoms with Crippen LogP contribution >= 0.6 is 0 Å². The van der Waals surface area contributed by atoms with E-state index in [0.717, 1.165) is 161 Å². The maximum atomic E-state index is 13.9. The van der Waals surface area contributed by atoms with Gasteiger partial charge in [0.25, 0.3) is 0 Å². The van der Waals surface area contributed by atoms with Crippen LogP contribution in [0.4, 0.5) is 18.9 Å². The number of esters is 1. The maximum absolute atomic E-state index is 13.9. The summed E-state index contributed by atoms with van der Waals surface area (Å²) >= 11 is 0. The van der Waals surface area contributed by atoms with Gasteiger partial charge in [0.05, 0.1) is 78.2 Å². The molecule has 23 heteroatoms. The molecule has 0 unspecified atom stereocenters. The number of hydrogen-bond donors (Lipinski definition) is 6. The maximum Gasteiger partial charge on any atom is 0.338 e. The Morgan fingerprint density at radius 1 is 0.495 bits per heavy atom. The summed E-state index contributed by atoms with van der Waals surface area (Å²) in [5.41, 5.74) is 11.9. The molecule has 16 rings (SSSR count). The molecule has 6 aromatic heterocycles. The highest BCUT2D eigenvalue weighted by atomic mass is 32.2. The molecular formula is C78H82F3N11O7S2. The van der Waals surface area contributed by atoms with Crippen LogP contribution in [0.2, 0.25) is 0 Å². The molecule has 7 N–H and O–H groups in total. The van der Waals surface area contributed by atoms with Crippen molar-refractivity contribution in [1.82, 2.24) is 44.9 Å². The van der Waals surface area contributed by atoms with Crippen LogP contribution < -0.4 is 9.86 Å². The monoisotopic (exact) mass is 1410 g/mol. The van der Waals surface area contributed by atoms with Crippen molar-refractivity contribution in [1.29, 1.82) is 0 Å². The van der Waals surface area contributed by atoms with Crippen molar-refractivity contribution in [2.24, 2.45) is 22.9 Å². The lowest BCUT2D eigenvalue weighted by molar-refractivity contribution is -0.0466. The summed E-state index contributed by atoms with van der Waals surface area (Å²) in [4.78, 5) is 50.1. The number of carbonyl (C=O) groups is 1. The van der Waals surface area contributed by atoms with Crippen LogP contribution in [0.1, 0.15) is 191 Å². The van der Waals surface area contributed by atoms with Crippen molar-refractivity contribution in [3.05, 3.63) is 203 Å². The molecule has 0 saturated heterocycles. The number of aliphatic hydroxyl groups is 1. The minimum absolute atomic E-state index is 0.0781. The quantitative estimate of drug-likeness (QED) is 0.0553. The number of H-pyrrole nitrogens is 3. The first-order chi connectivity index (χ1) is 48.5. The number of sulfonamides is 2. The van der Waals surface area contributed by atoms with Gasteiger partial charge in [0, 0.05) is 65.3 Å². The minimum Gasteiger partial charge on any atom is -0.459 e. The van der Waals surface area contributed by atoms with Gasteiger partial charge in [-0.1, -0.05) is 20.8 Å². The van der Waals surface area contributed by atoms with Gasteiger partial charge in [-0.25, -0.2) is 54.9 Å². The highest BCUT2D eigenvalue weighted by Gasteiger charge is 2.34. The third kappa shape index (κ3) is 15.4. The molecule has 0 amide bonds. The zero-order valence-corrected chi connectivity index (χ0v) is 58.3. The minimum atomic E-state index is -3.75. The smallest absolute Gasteiger partial charge is 0.338 e. The molecule has 4 saturated carbocycles. The molecule has 4 fully saturated rings. The van der Waals surface area contributed by atoms with E-state index in [1.165, 1.54) is 41.0 Å². The largest absolute Gasteiger partial charge is 0.459 e. The highest BCUT2D eigenvalue weighted by Crippen LogP contribution is 2.47. The molecule has 0 bridgehead atoms. The lowest BCUT2D eigenvalue weighted by Crippen LogP contribution is -2.36. The number of aromatic amines is 3. The van der Waals surface area contributed by atoms with Crippen molar-refractivity contribution < 1.29 is 44.6 Å². The number of primary sulfonamides is 1. The molecule has 18 nitrogen and oxygen atoms in total. The van der Waals surface area contributed by atoms with E-state index < -0.39 is 20.0 Å². The van der Waals surface area contributed by atoms with E-state index in [4.69, 9.17) is 24.8 Å². The first-order valence-corrected chi connectivity index (χ1v) is 38.5. The van der Waals surface area contributed by atoms with Gasteiger partial charge in [0.15, 0.2) is 0 Å². The van der Waals surface area contributed by atoms with Gasteiger partial charge in [-0.3, -0.25) is 19.7 Å². The molecule has 12 aromatic rings. The van der Waals surface area contributed by atoms with Crippen LogP contribution in [-0.4, -0.2) is 91.2 Å². The SMILES string of the molecule is C[C@@H](c1nc2ccc(C(=O)OC3CC(O)C3)cc2[nH]1)C1CCC(c2ccnc3ccc(F)cc23)CC1.C[C@@H](c1nc2ccc(NS(C)(=O)=O)cc2[nH]1)C1CCC(c2ccnc3ccc(F)cc23)CC1.C[C@@H](c1nc2ccc(S(N)(=O)=O)cc2[nH]1)C1CCC(c2ccnc3ccc(F)cc23)CC1. The Labute approximate surface area is 584 Å². The summed E-state index contributed by atoms with van der Waals surface area (Å²) in [7, 11) is -7.08. The molecular weight excluding hydrogens is 1320 g/mol. The fourth-order valence-corrected chi connectivity index (χ4v) is 17.2. The lowest BCUT2D eigenvalue weighted by Gasteiger charge is -2.32. The van der Waals surface area contributed by atoms with Crippen molar-refractivity contribution in [2.45, 2.75) is 163 Å². The average molecular weight is 1410 g/mol. The number of pyridine rings is 3. The number of halogens is 3. The Morgan fingerprint density at radius 2 is 0.861 bits per heavy atom. The molecule has 6 aromatic carbocycles. The third-order valence-corrected chi connectivity index (χ3v) is 23.5. The van der Waals surface area contributed by atoms with Crippen molar-refractivity contribution in [3.63, 3.8) is 0 Å². The number of imidazole rings is 3. The molecule has 0 aliphatic heterocycles. The van der Waals surface area contributed by atoms with E-state index in [1.807, 2.05) is 48.9 Å². The molecule has 0 spiro atoms. The first kappa shape index (κ1) is 68.9. The number of ether oxygens (including phenoxy) is 1. The number of rotatable bonds is 14. The van der Waals surface area contributed by atoms with Gasteiger partial charge < -0.3 is 24.8 Å². The second-order valence-electron chi connectivity index (χ2n) is 28.5. The van der Waals surface area contributed by atoms with E-state index in [2.05, 4.69) is 55.4 Å². The zero-order valence-electron chi connectivity index (χ0n) is 56.7. The van der Waals surface area contributed by atoms with Crippen molar-refractivity contribution in [2.75, 3.05) is 11.0 Å². The van der Waals surface area contributed by atoms with Gasteiger partial charge in [0.2, 0.25) is 20.0 Å². The van der Waals surface area contributed by atoms with Gasteiger partial charge in [0.1, 0.15) is 41.0 Å². The van der Waals surface area contributed by atoms with Gasteiger partial charge in [-0.05, 0) is 257 Å². The summed E-state index contributed by atoms with van der Waals surface area (Å²) in [5.74, 6) is 5.11. The Balaban J connectivity index is 0.000000129. The number of carbonyl (C=O) groups excluding carboxylic acids is 1. The van der Waals surface area contributed by atoms with Gasteiger partial charge in [-0.2, -0.15) is 0 Å².